The number of pyridine rings is 2. The van der Waals surface area contributed by atoms with Gasteiger partial charge in [-0.2, -0.15) is 10.2 Å². The zero-order chi connectivity index (χ0) is 14.2. The highest BCUT2D eigenvalue weighted by Crippen LogP contribution is 2.31. The first-order chi connectivity index (χ1) is 10.3. The number of aromatic amines is 2. The van der Waals surface area contributed by atoms with Gasteiger partial charge in [-0.3, -0.25) is 15.2 Å². The van der Waals surface area contributed by atoms with Gasteiger partial charge < -0.3 is 0 Å². The van der Waals surface area contributed by atoms with E-state index in [4.69, 9.17) is 0 Å². The third-order valence-electron chi connectivity index (χ3n) is 3.42. The summed E-state index contributed by atoms with van der Waals surface area (Å²) < 4.78 is 0. The maximum absolute atomic E-state index is 4.58. The van der Waals surface area contributed by atoms with Crippen LogP contribution in [-0.2, 0) is 0 Å². The fourth-order valence-corrected chi connectivity index (χ4v) is 2.44. The average molecular weight is 276 g/mol. The molecule has 0 aliphatic heterocycles. The van der Waals surface area contributed by atoms with E-state index in [1.54, 1.807) is 12.4 Å². The van der Waals surface area contributed by atoms with Gasteiger partial charge in [0.15, 0.2) is 5.65 Å². The van der Waals surface area contributed by atoms with Gasteiger partial charge in [0.2, 0.25) is 0 Å². The Balaban J connectivity index is 2.05. The first-order valence-electron chi connectivity index (χ1n) is 6.60. The van der Waals surface area contributed by atoms with Gasteiger partial charge in [0.25, 0.3) is 0 Å². The Morgan fingerprint density at radius 3 is 2.71 bits per heavy atom. The van der Waals surface area contributed by atoms with Crippen molar-refractivity contribution in [3.8, 4) is 22.6 Å². The van der Waals surface area contributed by atoms with E-state index in [2.05, 4.69) is 30.4 Å². The molecule has 0 atom stereocenters. The number of hydrogen-bond donors (Lipinski definition) is 2. The first kappa shape index (κ1) is 11.8. The molecule has 0 aromatic carbocycles. The molecule has 6 nitrogen and oxygen atoms in total. The van der Waals surface area contributed by atoms with E-state index >= 15 is 0 Å². The van der Waals surface area contributed by atoms with Crippen molar-refractivity contribution in [2.24, 2.45) is 0 Å². The second-order valence-corrected chi connectivity index (χ2v) is 4.79. The molecule has 0 aliphatic rings. The Hall–Kier alpha value is -3.02. The average Bonchev–Trinajstić information content (AvgIpc) is 3.18. The van der Waals surface area contributed by atoms with Crippen LogP contribution in [0, 0.1) is 6.92 Å². The number of nitrogens with zero attached hydrogens (tertiary/aromatic N) is 4. The predicted molar refractivity (Wildman–Crippen MR) is 79.4 cm³/mol. The highest BCUT2D eigenvalue weighted by molar-refractivity contribution is 5.95. The summed E-state index contributed by atoms with van der Waals surface area (Å²) in [4.78, 5) is 9.03. The van der Waals surface area contributed by atoms with Crippen molar-refractivity contribution >= 4 is 11.0 Å². The number of hydrogen-bond acceptors (Lipinski definition) is 4. The third-order valence-corrected chi connectivity index (χ3v) is 3.42. The van der Waals surface area contributed by atoms with E-state index in [1.807, 2.05) is 37.3 Å². The smallest absolute Gasteiger partial charge is 0.182 e. The lowest BCUT2D eigenvalue weighted by molar-refractivity contribution is 1.05. The van der Waals surface area contributed by atoms with Gasteiger partial charge in [0, 0.05) is 23.7 Å². The number of fused-ring (bicyclic) bond motifs is 1. The number of H-pyrrole nitrogens is 2. The molecule has 4 heterocycles. The minimum absolute atomic E-state index is 0.681. The zero-order valence-corrected chi connectivity index (χ0v) is 11.3. The Morgan fingerprint density at radius 1 is 1.00 bits per heavy atom. The number of aromatic nitrogens is 6. The second-order valence-electron chi connectivity index (χ2n) is 4.79. The molecular weight excluding hydrogens is 264 g/mol. The molecule has 2 N–H and O–H groups in total. The van der Waals surface area contributed by atoms with Crippen LogP contribution in [0.25, 0.3) is 33.7 Å². The molecule has 0 radical (unpaired) electrons. The van der Waals surface area contributed by atoms with Gasteiger partial charge in [-0.05, 0) is 31.2 Å². The normalized spacial score (nSPS) is 11.1. The fraction of sp³-hybridized carbons (Fsp3) is 0.0667. The van der Waals surface area contributed by atoms with Gasteiger partial charge in [0.1, 0.15) is 0 Å². The monoisotopic (exact) mass is 276 g/mol. The lowest BCUT2D eigenvalue weighted by Crippen LogP contribution is -1.91. The van der Waals surface area contributed by atoms with Crippen molar-refractivity contribution in [3.05, 3.63) is 48.4 Å². The van der Waals surface area contributed by atoms with Crippen molar-refractivity contribution in [2.45, 2.75) is 6.92 Å². The quantitative estimate of drug-likeness (QED) is 0.589. The van der Waals surface area contributed by atoms with Crippen LogP contribution in [0.2, 0.25) is 0 Å². The predicted octanol–water partition coefficient (Wildman–Crippen LogP) is 2.72. The topological polar surface area (TPSA) is 83.1 Å². The van der Waals surface area contributed by atoms with Gasteiger partial charge in [0.05, 0.1) is 22.5 Å². The van der Waals surface area contributed by atoms with E-state index < -0.39 is 0 Å². The van der Waals surface area contributed by atoms with Crippen molar-refractivity contribution < 1.29 is 0 Å². The Bertz CT molecular complexity index is 893. The van der Waals surface area contributed by atoms with Gasteiger partial charge in [-0.1, -0.05) is 6.07 Å². The molecule has 0 spiro atoms. The fourth-order valence-electron chi connectivity index (χ4n) is 2.44. The second kappa shape index (κ2) is 4.52. The molecule has 0 saturated heterocycles. The minimum atomic E-state index is 0.681. The Labute approximate surface area is 120 Å². The molecule has 0 amide bonds. The molecule has 0 aliphatic carbocycles. The SMILES string of the molecule is Cc1[nH]nc2nc(-c3ccn[nH]3)cc(-c3ccccn3)c12. The molecule has 0 bridgehead atoms. The summed E-state index contributed by atoms with van der Waals surface area (Å²) in [7, 11) is 0. The molecule has 4 rings (SSSR count). The van der Waals surface area contributed by atoms with Gasteiger partial charge >= 0.3 is 0 Å². The molecular formula is C15H12N6. The van der Waals surface area contributed by atoms with E-state index in [1.165, 1.54) is 0 Å². The van der Waals surface area contributed by atoms with E-state index in [0.717, 1.165) is 33.7 Å². The van der Waals surface area contributed by atoms with Gasteiger partial charge in [-0.15, -0.1) is 0 Å². The van der Waals surface area contributed by atoms with Crippen molar-refractivity contribution in [3.63, 3.8) is 0 Å². The molecule has 0 fully saturated rings. The van der Waals surface area contributed by atoms with Crippen LogP contribution < -0.4 is 0 Å². The van der Waals surface area contributed by atoms with Crippen molar-refractivity contribution in [1.29, 1.82) is 0 Å². The Morgan fingerprint density at radius 2 is 1.95 bits per heavy atom. The van der Waals surface area contributed by atoms with E-state index in [-0.39, 0.29) is 0 Å². The highest BCUT2D eigenvalue weighted by Gasteiger charge is 2.14. The van der Waals surface area contributed by atoms with Gasteiger partial charge in [-0.25, -0.2) is 4.98 Å². The summed E-state index contributed by atoms with van der Waals surface area (Å²) >= 11 is 0. The number of rotatable bonds is 2. The van der Waals surface area contributed by atoms with Crippen LogP contribution >= 0.6 is 0 Å². The van der Waals surface area contributed by atoms with Crippen LogP contribution in [0.3, 0.4) is 0 Å². The van der Waals surface area contributed by atoms with Crippen LogP contribution in [0.4, 0.5) is 0 Å². The summed E-state index contributed by atoms with van der Waals surface area (Å²) in [6.07, 6.45) is 3.49. The van der Waals surface area contributed by atoms with E-state index in [9.17, 15) is 0 Å². The van der Waals surface area contributed by atoms with Crippen LogP contribution in [0.5, 0.6) is 0 Å². The highest BCUT2D eigenvalue weighted by atomic mass is 15.2. The molecule has 4 aromatic rings. The zero-order valence-electron chi connectivity index (χ0n) is 11.3. The lowest BCUT2D eigenvalue weighted by Gasteiger charge is -2.05. The summed E-state index contributed by atoms with van der Waals surface area (Å²) in [5.74, 6) is 0. The summed E-state index contributed by atoms with van der Waals surface area (Å²) in [5, 5.41) is 15.2. The minimum Gasteiger partial charge on any atom is -0.280 e. The molecule has 4 aromatic heterocycles. The summed E-state index contributed by atoms with van der Waals surface area (Å²) in [6, 6.07) is 9.76. The van der Waals surface area contributed by atoms with E-state index in [0.29, 0.717) is 5.65 Å². The number of nitrogens with one attached hydrogen (secondary N) is 2. The maximum Gasteiger partial charge on any atom is 0.182 e. The van der Waals surface area contributed by atoms with Crippen molar-refractivity contribution in [2.75, 3.05) is 0 Å². The summed E-state index contributed by atoms with van der Waals surface area (Å²) in [5.41, 5.74) is 5.23. The standard InChI is InChI=1S/C15H12N6/c1-9-14-10(11-4-2-3-6-16-11)8-13(12-5-7-17-20-12)18-15(14)21-19-9/h2-8H,1H3,(H,17,20)(H,18,19,21). The largest absolute Gasteiger partial charge is 0.280 e. The van der Waals surface area contributed by atoms with Crippen LogP contribution in [-0.4, -0.2) is 30.4 Å². The molecule has 6 heteroatoms. The maximum atomic E-state index is 4.58. The first-order valence-corrected chi connectivity index (χ1v) is 6.60. The van der Waals surface area contributed by atoms with Crippen molar-refractivity contribution in [1.82, 2.24) is 30.4 Å². The lowest BCUT2D eigenvalue weighted by atomic mass is 10.0. The van der Waals surface area contributed by atoms with Crippen LogP contribution in [0.15, 0.2) is 42.7 Å². The molecule has 21 heavy (non-hydrogen) atoms. The number of aryl methyl sites for hydroxylation is 1. The molecule has 0 unspecified atom stereocenters. The Kier molecular flexibility index (Phi) is 2.53. The molecule has 0 saturated carbocycles. The summed E-state index contributed by atoms with van der Waals surface area (Å²) in [6.45, 7) is 1.99. The van der Waals surface area contributed by atoms with Crippen LogP contribution in [0.1, 0.15) is 5.69 Å². The third kappa shape index (κ3) is 1.88. The molecule has 102 valence electrons.